The molecule has 11 heteroatoms. The van der Waals surface area contributed by atoms with Gasteiger partial charge in [0.15, 0.2) is 0 Å². The molecule has 1 fully saturated rings. The van der Waals surface area contributed by atoms with Crippen LogP contribution >= 0.6 is 0 Å². The van der Waals surface area contributed by atoms with E-state index in [1.807, 2.05) is 19.2 Å². The fraction of sp³-hybridized carbons (Fsp3) is 0.324. The molecule has 2 aromatic heterocycles. The van der Waals surface area contributed by atoms with Gasteiger partial charge in [-0.05, 0) is 66.4 Å². The van der Waals surface area contributed by atoms with Gasteiger partial charge in [0.25, 0.3) is 0 Å². The van der Waals surface area contributed by atoms with Gasteiger partial charge in [0.1, 0.15) is 5.82 Å². The zero-order valence-corrected chi connectivity index (χ0v) is 25.5. The zero-order chi connectivity index (χ0) is 32.1. The molecule has 1 atom stereocenters. The van der Waals surface area contributed by atoms with E-state index < -0.39 is 18.5 Å². The van der Waals surface area contributed by atoms with Gasteiger partial charge in [0.05, 0.1) is 17.3 Å². The number of aromatic amines is 1. The van der Waals surface area contributed by atoms with E-state index in [2.05, 4.69) is 20.0 Å². The molecule has 0 unspecified atom stereocenters. The molecule has 0 bridgehead atoms. The molecule has 5 rings (SSSR count). The number of amides is 1. The highest BCUT2D eigenvalue weighted by Gasteiger charge is 2.32. The van der Waals surface area contributed by atoms with Crippen molar-refractivity contribution in [1.29, 1.82) is 0 Å². The lowest BCUT2D eigenvalue weighted by molar-refractivity contribution is -0.124. The van der Waals surface area contributed by atoms with Gasteiger partial charge < -0.3 is 9.80 Å². The Kier molecular flexibility index (Phi) is 9.67. The molecular formula is C34H36F4N6O. The predicted molar refractivity (Wildman–Crippen MR) is 169 cm³/mol. The Morgan fingerprint density at radius 1 is 1.04 bits per heavy atom. The Hall–Kier alpha value is -4.51. The fourth-order valence-electron chi connectivity index (χ4n) is 5.69. The van der Waals surface area contributed by atoms with Gasteiger partial charge in [-0.15, -0.1) is 0 Å². The van der Waals surface area contributed by atoms with Crippen molar-refractivity contribution in [2.45, 2.75) is 31.5 Å². The number of hydrogen-bond acceptors (Lipinski definition) is 5. The van der Waals surface area contributed by atoms with Crippen LogP contribution in [0, 0.1) is 5.95 Å². The van der Waals surface area contributed by atoms with Crippen molar-refractivity contribution in [2.75, 3.05) is 45.7 Å². The van der Waals surface area contributed by atoms with E-state index in [0.29, 0.717) is 34.3 Å². The standard InChI is InChI=1S/C34H36F4N6O/c1-42(2)31(45)12-8-17-43(3)26-11-7-18-44(22-26)30-16-14-25(21-39-30)32(24-13-15-29-27(19-24)33(35)41-40-29)28(20-34(36,37)38)23-9-5-4-6-10-23/h4-6,8-10,12-16,19,21,26H,7,11,17-18,20,22H2,1-3H3,(H,40,41)/b12-8?,32-28-/t26-/m0/s1. The summed E-state index contributed by atoms with van der Waals surface area (Å²) in [5.74, 6) is 0.0102. The summed E-state index contributed by atoms with van der Waals surface area (Å²) in [6.45, 7) is 2.15. The Balaban J connectivity index is 1.48. The first-order valence-corrected chi connectivity index (χ1v) is 14.8. The molecule has 236 valence electrons. The number of piperidine rings is 1. The number of halogens is 4. The number of alkyl halides is 3. The lowest BCUT2D eigenvalue weighted by atomic mass is 9.88. The molecule has 45 heavy (non-hydrogen) atoms. The number of carbonyl (C=O) groups excluding carboxylic acids is 1. The topological polar surface area (TPSA) is 68.4 Å². The second kappa shape index (κ2) is 13.6. The van der Waals surface area contributed by atoms with Crippen molar-refractivity contribution in [2.24, 2.45) is 0 Å². The van der Waals surface area contributed by atoms with Crippen LogP contribution in [-0.2, 0) is 4.79 Å². The summed E-state index contributed by atoms with van der Waals surface area (Å²) in [6, 6.07) is 17.1. The van der Waals surface area contributed by atoms with E-state index in [-0.39, 0.29) is 22.9 Å². The molecule has 1 N–H and O–H groups in total. The average Bonchev–Trinajstić information content (AvgIpc) is 3.40. The highest BCUT2D eigenvalue weighted by atomic mass is 19.4. The minimum Gasteiger partial charge on any atom is -0.355 e. The summed E-state index contributed by atoms with van der Waals surface area (Å²) in [5.41, 5.74) is 2.12. The van der Waals surface area contributed by atoms with Crippen LogP contribution in [0.1, 0.15) is 36.0 Å². The number of anilines is 1. The molecule has 1 aliphatic heterocycles. The third kappa shape index (κ3) is 7.78. The van der Waals surface area contributed by atoms with E-state index in [9.17, 15) is 22.4 Å². The van der Waals surface area contributed by atoms with Gasteiger partial charge in [-0.3, -0.25) is 14.8 Å². The van der Waals surface area contributed by atoms with E-state index >= 15 is 0 Å². The quantitative estimate of drug-likeness (QED) is 0.131. The van der Waals surface area contributed by atoms with E-state index in [4.69, 9.17) is 4.98 Å². The average molecular weight is 621 g/mol. The third-order valence-electron chi connectivity index (χ3n) is 8.07. The van der Waals surface area contributed by atoms with Crippen LogP contribution in [0.25, 0.3) is 22.0 Å². The van der Waals surface area contributed by atoms with Crippen LogP contribution in [0.15, 0.2) is 79.0 Å². The monoisotopic (exact) mass is 620 g/mol. The van der Waals surface area contributed by atoms with Crippen LogP contribution < -0.4 is 4.90 Å². The zero-order valence-electron chi connectivity index (χ0n) is 25.5. The van der Waals surface area contributed by atoms with E-state index in [1.165, 1.54) is 11.0 Å². The largest absolute Gasteiger partial charge is 0.393 e. The number of benzene rings is 2. The van der Waals surface area contributed by atoms with Crippen LogP contribution in [0.5, 0.6) is 0 Å². The Morgan fingerprint density at radius 2 is 1.80 bits per heavy atom. The van der Waals surface area contributed by atoms with Crippen molar-refractivity contribution < 1.29 is 22.4 Å². The minimum atomic E-state index is -4.49. The van der Waals surface area contributed by atoms with Gasteiger partial charge in [-0.1, -0.05) is 42.5 Å². The first-order valence-electron chi connectivity index (χ1n) is 14.8. The van der Waals surface area contributed by atoms with Gasteiger partial charge in [0, 0.05) is 57.6 Å². The number of allylic oxidation sites excluding steroid dienone is 1. The molecule has 0 aliphatic carbocycles. The van der Waals surface area contributed by atoms with Crippen LogP contribution in [0.2, 0.25) is 0 Å². The summed E-state index contributed by atoms with van der Waals surface area (Å²) in [6.07, 6.45) is 1.32. The molecule has 1 aliphatic rings. The summed E-state index contributed by atoms with van der Waals surface area (Å²) in [7, 11) is 5.45. The first kappa shape index (κ1) is 31.9. The van der Waals surface area contributed by atoms with Gasteiger partial charge in [0.2, 0.25) is 11.9 Å². The maximum atomic E-state index is 14.5. The number of likely N-dealkylation sites (N-methyl/N-ethyl adjacent to an activating group) is 2. The van der Waals surface area contributed by atoms with Gasteiger partial charge >= 0.3 is 6.18 Å². The molecule has 0 saturated carbocycles. The molecule has 1 amide bonds. The van der Waals surface area contributed by atoms with E-state index in [0.717, 1.165) is 31.7 Å². The number of hydrogen-bond donors (Lipinski definition) is 1. The van der Waals surface area contributed by atoms with Crippen molar-refractivity contribution >= 4 is 33.8 Å². The number of nitrogens with zero attached hydrogens (tertiary/aromatic N) is 5. The minimum absolute atomic E-state index is 0.0631. The van der Waals surface area contributed by atoms with Crippen LogP contribution in [0.4, 0.5) is 23.4 Å². The lowest BCUT2D eigenvalue weighted by Crippen LogP contribution is -2.46. The molecule has 4 aromatic rings. The normalized spacial score (nSPS) is 16.4. The number of H-pyrrole nitrogens is 1. The van der Waals surface area contributed by atoms with Crippen molar-refractivity contribution in [3.8, 4) is 0 Å². The number of carbonyl (C=O) groups is 1. The molecule has 0 radical (unpaired) electrons. The van der Waals surface area contributed by atoms with Gasteiger partial charge in [-0.25, -0.2) is 4.98 Å². The number of pyridine rings is 1. The molecule has 1 saturated heterocycles. The number of aromatic nitrogens is 3. The Labute approximate surface area is 259 Å². The maximum absolute atomic E-state index is 14.5. The van der Waals surface area contributed by atoms with Crippen molar-refractivity contribution in [3.05, 3.63) is 102 Å². The number of fused-ring (bicyclic) bond motifs is 1. The summed E-state index contributed by atoms with van der Waals surface area (Å²) >= 11 is 0. The molecular weight excluding hydrogens is 584 g/mol. The first-order chi connectivity index (χ1) is 21.5. The highest BCUT2D eigenvalue weighted by molar-refractivity contribution is 6.00. The second-order valence-corrected chi connectivity index (χ2v) is 11.5. The van der Waals surface area contributed by atoms with E-state index in [1.54, 1.807) is 74.9 Å². The fourth-order valence-corrected chi connectivity index (χ4v) is 5.69. The number of nitrogens with one attached hydrogen (secondary N) is 1. The predicted octanol–water partition coefficient (Wildman–Crippen LogP) is 6.55. The maximum Gasteiger partial charge on any atom is 0.393 e. The molecule has 2 aromatic carbocycles. The van der Waals surface area contributed by atoms with Crippen molar-refractivity contribution in [3.63, 3.8) is 0 Å². The third-order valence-corrected chi connectivity index (χ3v) is 8.07. The second-order valence-electron chi connectivity index (χ2n) is 11.5. The molecule has 7 nitrogen and oxygen atoms in total. The SMILES string of the molecule is CN(C)C(=O)C=CCN(C)[C@H]1CCCN(c2ccc(/C(=C(/CC(F)(F)F)c3ccccc3)c3ccc4n[nH]c(F)c4c3)cn2)C1. The van der Waals surface area contributed by atoms with Gasteiger partial charge in [-0.2, -0.15) is 22.7 Å². The summed E-state index contributed by atoms with van der Waals surface area (Å²) in [4.78, 5) is 22.5. The molecule has 3 heterocycles. The summed E-state index contributed by atoms with van der Waals surface area (Å²) in [5, 5.41) is 6.42. The number of rotatable bonds is 9. The van der Waals surface area contributed by atoms with Crippen LogP contribution in [-0.4, -0.2) is 83.9 Å². The van der Waals surface area contributed by atoms with Crippen LogP contribution in [0.3, 0.4) is 0 Å². The Morgan fingerprint density at radius 3 is 2.49 bits per heavy atom. The Bertz CT molecular complexity index is 1680. The van der Waals surface area contributed by atoms with Crippen molar-refractivity contribution in [1.82, 2.24) is 25.0 Å². The molecule has 0 spiro atoms. The summed E-state index contributed by atoms with van der Waals surface area (Å²) < 4.78 is 56.7. The lowest BCUT2D eigenvalue weighted by Gasteiger charge is -2.38. The highest BCUT2D eigenvalue weighted by Crippen LogP contribution is 2.40. The smallest absolute Gasteiger partial charge is 0.355 e.